The van der Waals surface area contributed by atoms with E-state index >= 15 is 0 Å². The van der Waals surface area contributed by atoms with Crippen LogP contribution in [0.25, 0.3) is 0 Å². The molecule has 34 heavy (non-hydrogen) atoms. The molecule has 6 fully saturated rings. The molecule has 2 N–H and O–H groups in total. The molecule has 4 nitrogen and oxygen atoms in total. The number of aliphatic hydroxyl groups excluding tert-OH is 1. The van der Waals surface area contributed by atoms with Gasteiger partial charge in [0.25, 0.3) is 0 Å². The molecule has 0 amide bonds. The van der Waals surface area contributed by atoms with E-state index in [-0.39, 0.29) is 39.8 Å². The fourth-order valence-corrected chi connectivity index (χ4v) is 11.6. The van der Waals surface area contributed by atoms with Crippen LogP contribution in [0.3, 0.4) is 0 Å². The van der Waals surface area contributed by atoms with Crippen LogP contribution in [0.5, 0.6) is 0 Å². The maximum Gasteiger partial charge on any atom is 0.175 e. The van der Waals surface area contributed by atoms with Crippen molar-refractivity contribution in [1.29, 1.82) is 0 Å². The van der Waals surface area contributed by atoms with Gasteiger partial charge in [0.1, 0.15) is 0 Å². The highest BCUT2D eigenvalue weighted by Crippen LogP contribution is 2.80. The summed E-state index contributed by atoms with van der Waals surface area (Å²) in [7, 11) is 0. The first-order valence-corrected chi connectivity index (χ1v) is 14.1. The van der Waals surface area contributed by atoms with Crippen LogP contribution in [0.1, 0.15) is 99.8 Å². The lowest BCUT2D eigenvalue weighted by atomic mass is 9.35. The highest BCUT2D eigenvalue weighted by Gasteiger charge is 2.80. The van der Waals surface area contributed by atoms with E-state index in [9.17, 15) is 10.2 Å². The van der Waals surface area contributed by atoms with Crippen LogP contribution in [0, 0.1) is 45.3 Å². The molecule has 0 aromatic carbocycles. The fourth-order valence-electron chi connectivity index (χ4n) is 11.6. The minimum absolute atomic E-state index is 0.0236. The van der Waals surface area contributed by atoms with Crippen LogP contribution in [-0.2, 0) is 9.47 Å². The van der Waals surface area contributed by atoms with Crippen LogP contribution >= 0.6 is 0 Å². The lowest BCUT2D eigenvalue weighted by Crippen LogP contribution is -2.67. The zero-order valence-corrected chi connectivity index (χ0v) is 22.6. The third kappa shape index (κ3) is 2.70. The van der Waals surface area contributed by atoms with E-state index in [1.54, 1.807) is 0 Å². The lowest BCUT2D eigenvalue weighted by molar-refractivity contribution is -0.340. The van der Waals surface area contributed by atoms with E-state index in [0.717, 1.165) is 25.9 Å². The van der Waals surface area contributed by atoms with Crippen molar-refractivity contribution < 1.29 is 19.7 Å². The average molecular weight is 473 g/mol. The molecule has 2 saturated heterocycles. The Hall–Kier alpha value is -0.420. The second-order valence-electron chi connectivity index (χ2n) is 15.0. The van der Waals surface area contributed by atoms with Crippen LogP contribution in [0.15, 0.2) is 11.6 Å². The first-order valence-electron chi connectivity index (χ1n) is 14.1. The van der Waals surface area contributed by atoms with Crippen molar-refractivity contribution in [2.75, 3.05) is 6.61 Å². The number of aliphatic hydroxyl groups is 2. The summed E-state index contributed by atoms with van der Waals surface area (Å²) in [4.78, 5) is 0. The Morgan fingerprint density at radius 3 is 2.38 bits per heavy atom. The Balaban J connectivity index is 1.41. The zero-order chi connectivity index (χ0) is 24.5. The first kappa shape index (κ1) is 23.9. The van der Waals surface area contributed by atoms with Gasteiger partial charge in [-0.15, -0.1) is 0 Å². The normalized spacial score (nSPS) is 59.4. The zero-order valence-electron chi connectivity index (χ0n) is 22.6. The third-order valence-electron chi connectivity index (χ3n) is 12.8. The largest absolute Gasteiger partial charge is 0.393 e. The van der Waals surface area contributed by atoms with E-state index in [1.165, 1.54) is 31.3 Å². The molecular weight excluding hydrogens is 424 g/mol. The minimum atomic E-state index is -0.775. The Morgan fingerprint density at radius 2 is 1.68 bits per heavy atom. The van der Waals surface area contributed by atoms with E-state index in [4.69, 9.17) is 9.47 Å². The summed E-state index contributed by atoms with van der Waals surface area (Å²) in [6.07, 6.45) is 10.4. The SMILES string of the molecule is CC(C)=CC1CC(C)(O)C2C3CCC4C5(C)CCC(O)C(C)(C)C5CCC4(C)C34COC2(C4)O1. The Labute approximate surface area is 206 Å². The molecule has 4 heteroatoms. The van der Waals surface area contributed by atoms with Gasteiger partial charge in [-0.3, -0.25) is 0 Å². The summed E-state index contributed by atoms with van der Waals surface area (Å²) in [5.41, 5.74) is 0.962. The molecular formula is C30H48O4. The summed E-state index contributed by atoms with van der Waals surface area (Å²) in [6, 6.07) is 0. The monoisotopic (exact) mass is 472 g/mol. The van der Waals surface area contributed by atoms with Gasteiger partial charge >= 0.3 is 0 Å². The van der Waals surface area contributed by atoms with Gasteiger partial charge in [0.15, 0.2) is 5.79 Å². The molecule has 0 radical (unpaired) electrons. The topological polar surface area (TPSA) is 58.9 Å². The predicted octanol–water partition coefficient (Wildman–Crippen LogP) is 5.86. The predicted molar refractivity (Wildman–Crippen MR) is 133 cm³/mol. The minimum Gasteiger partial charge on any atom is -0.393 e. The Kier molecular flexibility index (Phi) is 4.87. The van der Waals surface area contributed by atoms with Gasteiger partial charge in [-0.2, -0.15) is 0 Å². The molecule has 6 rings (SSSR count). The molecule has 4 saturated carbocycles. The third-order valence-corrected chi connectivity index (χ3v) is 12.8. The van der Waals surface area contributed by atoms with Crippen LogP contribution < -0.4 is 0 Å². The molecule has 2 bridgehead atoms. The standard InChI is InChI=1S/C30H48O4/c1-18(2)14-19-15-28(7,32)24-20-8-9-22-26(5)12-11-23(31)25(3,4)21(26)10-13-27(22,6)29(20)16-30(24,34-19)33-17-29/h14,19-24,31-32H,8-13,15-17H2,1-7H3. The maximum absolute atomic E-state index is 11.9. The number of rotatable bonds is 1. The smallest absolute Gasteiger partial charge is 0.175 e. The van der Waals surface area contributed by atoms with E-state index in [0.29, 0.717) is 24.2 Å². The highest BCUT2D eigenvalue weighted by atomic mass is 16.7. The molecule has 0 aromatic heterocycles. The maximum atomic E-state index is 11.9. The van der Waals surface area contributed by atoms with Gasteiger partial charge in [-0.25, -0.2) is 0 Å². The lowest BCUT2D eigenvalue weighted by Gasteiger charge is -2.70. The van der Waals surface area contributed by atoms with E-state index in [2.05, 4.69) is 54.5 Å². The molecule has 6 aliphatic rings. The van der Waals surface area contributed by atoms with Gasteiger partial charge in [0.2, 0.25) is 0 Å². The summed E-state index contributed by atoms with van der Waals surface area (Å²) in [5, 5.41) is 22.8. The van der Waals surface area contributed by atoms with Crippen molar-refractivity contribution in [2.24, 2.45) is 45.3 Å². The molecule has 2 heterocycles. The second-order valence-corrected chi connectivity index (χ2v) is 15.0. The Bertz CT molecular complexity index is 903. The number of ether oxygens (including phenoxy) is 2. The molecule has 192 valence electrons. The van der Waals surface area contributed by atoms with Crippen molar-refractivity contribution in [3.63, 3.8) is 0 Å². The first-order chi connectivity index (χ1) is 15.7. The molecule has 2 aliphatic heterocycles. The molecule has 4 aliphatic carbocycles. The van der Waals surface area contributed by atoms with Crippen LogP contribution in [0.4, 0.5) is 0 Å². The van der Waals surface area contributed by atoms with Gasteiger partial charge < -0.3 is 19.7 Å². The van der Waals surface area contributed by atoms with Crippen molar-refractivity contribution in [1.82, 2.24) is 0 Å². The molecule has 0 aromatic rings. The highest BCUT2D eigenvalue weighted by molar-refractivity contribution is 5.26. The molecule has 11 unspecified atom stereocenters. The van der Waals surface area contributed by atoms with Gasteiger partial charge in [-0.05, 0) is 93.3 Å². The number of hydrogen-bond donors (Lipinski definition) is 2. The summed E-state index contributed by atoms with van der Waals surface area (Å²) in [5.74, 6) is 1.09. The average Bonchev–Trinajstić information content (AvgIpc) is 3.22. The second kappa shape index (κ2) is 6.91. The quantitative estimate of drug-likeness (QED) is 0.470. The number of fused-ring (bicyclic) bond motifs is 4. The fraction of sp³-hybridized carbons (Fsp3) is 0.933. The summed E-state index contributed by atoms with van der Waals surface area (Å²) >= 11 is 0. The number of allylic oxidation sites excluding steroid dienone is 1. The van der Waals surface area contributed by atoms with Gasteiger partial charge in [-0.1, -0.05) is 39.3 Å². The van der Waals surface area contributed by atoms with Gasteiger partial charge in [0, 0.05) is 24.2 Å². The molecule has 11 atom stereocenters. The van der Waals surface area contributed by atoms with Crippen molar-refractivity contribution >= 4 is 0 Å². The number of hydrogen-bond acceptors (Lipinski definition) is 4. The Morgan fingerprint density at radius 1 is 0.941 bits per heavy atom. The van der Waals surface area contributed by atoms with Crippen molar-refractivity contribution in [3.8, 4) is 0 Å². The summed E-state index contributed by atoms with van der Waals surface area (Å²) in [6.45, 7) is 16.9. The molecule has 2 spiro atoms. The van der Waals surface area contributed by atoms with Crippen molar-refractivity contribution in [3.05, 3.63) is 11.6 Å². The van der Waals surface area contributed by atoms with Crippen LogP contribution in [-0.4, -0.2) is 40.4 Å². The van der Waals surface area contributed by atoms with Crippen LogP contribution in [0.2, 0.25) is 0 Å². The van der Waals surface area contributed by atoms with Crippen molar-refractivity contribution in [2.45, 2.75) is 123 Å². The van der Waals surface area contributed by atoms with E-state index < -0.39 is 11.4 Å². The van der Waals surface area contributed by atoms with E-state index in [1.807, 2.05) is 0 Å². The summed E-state index contributed by atoms with van der Waals surface area (Å²) < 4.78 is 13.6. The van der Waals surface area contributed by atoms with Gasteiger partial charge in [0.05, 0.1) is 24.4 Å².